The van der Waals surface area contributed by atoms with Crippen LogP contribution in [0.4, 0.5) is 14.6 Å². The number of aromatic nitrogens is 3. The van der Waals surface area contributed by atoms with Gasteiger partial charge in [-0.15, -0.1) is 0 Å². The van der Waals surface area contributed by atoms with Crippen molar-refractivity contribution < 1.29 is 23.5 Å². The number of amides is 1. The Morgan fingerprint density at radius 3 is 2.65 bits per heavy atom. The number of hydrogen-bond donors (Lipinski definition) is 2. The molecule has 0 bridgehead atoms. The van der Waals surface area contributed by atoms with E-state index in [0.29, 0.717) is 61.2 Å². The molecular formula is C24H25F2N5O3. The number of halogens is 2. The van der Waals surface area contributed by atoms with Gasteiger partial charge in [-0.1, -0.05) is 0 Å². The van der Waals surface area contributed by atoms with Crippen LogP contribution in [0.3, 0.4) is 0 Å². The average molecular weight is 469 g/mol. The molecule has 8 nitrogen and oxygen atoms in total. The Kier molecular flexibility index (Phi) is 5.89. The minimum absolute atomic E-state index is 0.0971. The Morgan fingerprint density at radius 1 is 1.09 bits per heavy atom. The molecule has 1 saturated carbocycles. The van der Waals surface area contributed by atoms with E-state index in [0.717, 1.165) is 18.6 Å². The first-order valence-electron chi connectivity index (χ1n) is 11.5. The van der Waals surface area contributed by atoms with Crippen LogP contribution in [0.25, 0.3) is 5.65 Å². The summed E-state index contributed by atoms with van der Waals surface area (Å²) in [5, 5.41) is 16.4. The molecule has 0 spiro atoms. The van der Waals surface area contributed by atoms with Crippen molar-refractivity contribution in [2.45, 2.75) is 50.6 Å². The number of anilines is 1. The number of carboxylic acids is 1. The lowest BCUT2D eigenvalue weighted by molar-refractivity contribution is -0.142. The van der Waals surface area contributed by atoms with Gasteiger partial charge in [0.15, 0.2) is 5.65 Å². The minimum Gasteiger partial charge on any atom is -0.481 e. The van der Waals surface area contributed by atoms with Crippen molar-refractivity contribution in [1.29, 1.82) is 0 Å². The molecule has 34 heavy (non-hydrogen) atoms. The van der Waals surface area contributed by atoms with Gasteiger partial charge < -0.3 is 15.3 Å². The third kappa shape index (κ3) is 4.20. The van der Waals surface area contributed by atoms with Crippen molar-refractivity contribution in [1.82, 2.24) is 19.9 Å². The molecule has 3 aromatic rings. The molecule has 2 fully saturated rings. The number of rotatable bonds is 5. The van der Waals surface area contributed by atoms with Crippen molar-refractivity contribution >= 4 is 23.3 Å². The minimum atomic E-state index is -0.789. The summed E-state index contributed by atoms with van der Waals surface area (Å²) in [6, 6.07) is 4.78. The molecule has 1 saturated heterocycles. The number of nitrogens with one attached hydrogen (secondary N) is 1. The molecule has 1 aromatic carbocycles. The smallest absolute Gasteiger partial charge is 0.306 e. The molecular weight excluding hydrogens is 444 g/mol. The first kappa shape index (κ1) is 22.2. The number of fused-ring (bicyclic) bond motifs is 1. The summed E-state index contributed by atoms with van der Waals surface area (Å²) in [5.41, 5.74) is 0.983. The molecule has 0 radical (unpaired) electrons. The standard InChI is InChI=1S/C24H25F2N5O3/c25-15-5-8-19(26)17(12-15)20-2-1-10-30(20)21-9-11-31-22(29-21)18(13-27-31)23(32)28-16-6-3-14(4-7-16)24(33)34/h5,8-9,11-14,16,20H,1-4,6-7,10H2,(H,28,32)(H,33,34)/t14?,16?,20-/m1/s1. The highest BCUT2D eigenvalue weighted by Crippen LogP contribution is 2.37. The number of carbonyl (C=O) groups is 2. The second-order valence-corrected chi connectivity index (χ2v) is 8.99. The van der Waals surface area contributed by atoms with Gasteiger partial charge >= 0.3 is 5.97 Å². The highest BCUT2D eigenvalue weighted by atomic mass is 19.1. The third-order valence-electron chi connectivity index (χ3n) is 6.87. The summed E-state index contributed by atoms with van der Waals surface area (Å²) in [4.78, 5) is 30.7. The molecule has 10 heteroatoms. The van der Waals surface area contributed by atoms with Gasteiger partial charge in [0.25, 0.3) is 5.91 Å². The van der Waals surface area contributed by atoms with Crippen LogP contribution >= 0.6 is 0 Å². The highest BCUT2D eigenvalue weighted by molar-refractivity contribution is 6.00. The van der Waals surface area contributed by atoms with Crippen molar-refractivity contribution in [3.63, 3.8) is 0 Å². The van der Waals surface area contributed by atoms with Crippen LogP contribution in [0.15, 0.2) is 36.7 Å². The Labute approximate surface area is 194 Å². The summed E-state index contributed by atoms with van der Waals surface area (Å²) < 4.78 is 29.8. The number of carbonyl (C=O) groups excluding carboxylic acids is 1. The van der Waals surface area contributed by atoms with Crippen LogP contribution in [0.1, 0.15) is 60.5 Å². The fraction of sp³-hybridized carbons (Fsp3) is 0.417. The number of nitrogens with zero attached hydrogens (tertiary/aromatic N) is 4. The van der Waals surface area contributed by atoms with Gasteiger partial charge in [0.1, 0.15) is 23.0 Å². The summed E-state index contributed by atoms with van der Waals surface area (Å²) in [6.45, 7) is 0.631. The van der Waals surface area contributed by atoms with Crippen LogP contribution in [-0.2, 0) is 4.79 Å². The maximum absolute atomic E-state index is 14.5. The van der Waals surface area contributed by atoms with E-state index in [9.17, 15) is 18.4 Å². The lowest BCUT2D eigenvalue weighted by atomic mass is 9.86. The summed E-state index contributed by atoms with van der Waals surface area (Å²) in [5.74, 6) is -1.84. The Morgan fingerprint density at radius 2 is 1.88 bits per heavy atom. The zero-order valence-corrected chi connectivity index (χ0v) is 18.5. The second-order valence-electron chi connectivity index (χ2n) is 8.99. The van der Waals surface area contributed by atoms with E-state index in [2.05, 4.69) is 15.4 Å². The predicted octanol–water partition coefficient (Wildman–Crippen LogP) is 3.72. The summed E-state index contributed by atoms with van der Waals surface area (Å²) in [7, 11) is 0. The number of benzene rings is 1. The Balaban J connectivity index is 1.37. The zero-order chi connectivity index (χ0) is 23.8. The molecule has 2 aromatic heterocycles. The monoisotopic (exact) mass is 469 g/mol. The molecule has 0 unspecified atom stereocenters. The molecule has 2 N–H and O–H groups in total. The molecule has 1 aliphatic heterocycles. The maximum atomic E-state index is 14.5. The topological polar surface area (TPSA) is 99.8 Å². The molecule has 1 aliphatic carbocycles. The first-order chi connectivity index (χ1) is 16.4. The van der Waals surface area contributed by atoms with Gasteiger partial charge in [0.05, 0.1) is 18.2 Å². The fourth-order valence-corrected chi connectivity index (χ4v) is 5.06. The molecule has 5 rings (SSSR count). The van der Waals surface area contributed by atoms with Gasteiger partial charge in [0.2, 0.25) is 0 Å². The van der Waals surface area contributed by atoms with E-state index >= 15 is 0 Å². The molecule has 3 heterocycles. The van der Waals surface area contributed by atoms with Crippen molar-refractivity contribution in [2.24, 2.45) is 5.92 Å². The van der Waals surface area contributed by atoms with Gasteiger partial charge in [0, 0.05) is 24.3 Å². The highest BCUT2D eigenvalue weighted by Gasteiger charge is 2.31. The van der Waals surface area contributed by atoms with Crippen LogP contribution in [0.5, 0.6) is 0 Å². The van der Waals surface area contributed by atoms with E-state index in [1.807, 2.05) is 4.90 Å². The lowest BCUT2D eigenvalue weighted by Crippen LogP contribution is -2.38. The largest absolute Gasteiger partial charge is 0.481 e. The summed E-state index contributed by atoms with van der Waals surface area (Å²) >= 11 is 0. The predicted molar refractivity (Wildman–Crippen MR) is 120 cm³/mol. The van der Waals surface area contributed by atoms with Crippen LogP contribution in [0.2, 0.25) is 0 Å². The SMILES string of the molecule is O=C(NC1CCC(C(=O)O)CC1)c1cnn2ccc(N3CCC[C@@H]3c3cc(F)ccc3F)nc12. The normalized spacial score (nSPS) is 22.8. The second kappa shape index (κ2) is 9.00. The molecule has 1 amide bonds. The maximum Gasteiger partial charge on any atom is 0.306 e. The van der Waals surface area contributed by atoms with E-state index in [1.165, 1.54) is 16.8 Å². The van der Waals surface area contributed by atoms with Gasteiger partial charge in [-0.2, -0.15) is 5.10 Å². The summed E-state index contributed by atoms with van der Waals surface area (Å²) in [6.07, 6.45) is 6.90. The van der Waals surface area contributed by atoms with Gasteiger partial charge in [-0.05, 0) is 62.8 Å². The third-order valence-corrected chi connectivity index (χ3v) is 6.87. The van der Waals surface area contributed by atoms with Gasteiger partial charge in [-0.3, -0.25) is 9.59 Å². The van der Waals surface area contributed by atoms with E-state index in [4.69, 9.17) is 5.11 Å². The molecule has 1 atom stereocenters. The van der Waals surface area contributed by atoms with Crippen molar-refractivity contribution in [2.75, 3.05) is 11.4 Å². The molecule has 2 aliphatic rings. The Hall–Kier alpha value is -3.56. The van der Waals surface area contributed by atoms with Crippen LogP contribution in [-0.4, -0.2) is 44.2 Å². The zero-order valence-electron chi connectivity index (χ0n) is 18.5. The van der Waals surface area contributed by atoms with Crippen LogP contribution in [0, 0.1) is 17.6 Å². The van der Waals surface area contributed by atoms with Crippen LogP contribution < -0.4 is 10.2 Å². The average Bonchev–Trinajstić information content (AvgIpc) is 3.48. The lowest BCUT2D eigenvalue weighted by Gasteiger charge is -2.27. The van der Waals surface area contributed by atoms with Crippen molar-refractivity contribution in [3.05, 3.63) is 59.4 Å². The molecule has 178 valence electrons. The van der Waals surface area contributed by atoms with E-state index < -0.39 is 17.6 Å². The van der Waals surface area contributed by atoms with Crippen molar-refractivity contribution in [3.8, 4) is 0 Å². The van der Waals surface area contributed by atoms with Gasteiger partial charge in [-0.25, -0.2) is 18.3 Å². The first-order valence-corrected chi connectivity index (χ1v) is 11.5. The fourth-order valence-electron chi connectivity index (χ4n) is 5.06. The number of aliphatic carboxylic acids is 1. The van der Waals surface area contributed by atoms with E-state index in [-0.39, 0.29) is 23.9 Å². The number of hydrogen-bond acceptors (Lipinski definition) is 5. The van der Waals surface area contributed by atoms with E-state index in [1.54, 1.807) is 12.3 Å². The number of carboxylic acid groups (broad SMARTS) is 1. The Bertz CT molecular complexity index is 1240. The quantitative estimate of drug-likeness (QED) is 0.591.